The lowest BCUT2D eigenvalue weighted by Gasteiger charge is -2.16. The van der Waals surface area contributed by atoms with Crippen LogP contribution in [-0.2, 0) is 9.53 Å². The van der Waals surface area contributed by atoms with Crippen LogP contribution >= 0.6 is 0 Å². The number of carbonyl (C=O) groups excluding carboxylic acids is 3. The average molecular weight is 354 g/mol. The van der Waals surface area contributed by atoms with Crippen LogP contribution in [0.2, 0.25) is 0 Å². The van der Waals surface area contributed by atoms with Gasteiger partial charge in [-0.1, -0.05) is 39.0 Å². The molecule has 2 N–H and O–H groups in total. The largest absolute Gasteiger partial charge is 0.454 e. The van der Waals surface area contributed by atoms with E-state index in [1.807, 2.05) is 18.2 Å². The summed E-state index contributed by atoms with van der Waals surface area (Å²) in [6.07, 6.45) is 0. The Hall–Kier alpha value is -3.15. The number of para-hydroxylation sites is 1. The summed E-state index contributed by atoms with van der Waals surface area (Å²) in [5, 5.41) is 5.37. The number of rotatable bonds is 5. The van der Waals surface area contributed by atoms with Gasteiger partial charge in [-0.2, -0.15) is 0 Å². The second kappa shape index (κ2) is 8.29. The molecule has 0 fully saturated rings. The van der Waals surface area contributed by atoms with Crippen molar-refractivity contribution in [2.24, 2.45) is 5.41 Å². The normalized spacial score (nSPS) is 10.7. The van der Waals surface area contributed by atoms with Crippen molar-refractivity contribution >= 4 is 29.2 Å². The lowest BCUT2D eigenvalue weighted by atomic mass is 9.91. The van der Waals surface area contributed by atoms with E-state index in [9.17, 15) is 14.4 Å². The number of amides is 2. The van der Waals surface area contributed by atoms with E-state index in [4.69, 9.17) is 4.74 Å². The predicted octanol–water partition coefficient (Wildman–Crippen LogP) is 4.10. The Kier molecular flexibility index (Phi) is 6.11. The maximum absolute atomic E-state index is 12.0. The minimum atomic E-state index is -0.581. The van der Waals surface area contributed by atoms with E-state index in [2.05, 4.69) is 10.6 Å². The molecule has 0 saturated heterocycles. The van der Waals surface area contributed by atoms with Gasteiger partial charge in [-0.05, 0) is 36.4 Å². The molecule has 2 amide bonds. The number of esters is 1. The molecule has 6 nitrogen and oxygen atoms in total. The van der Waals surface area contributed by atoms with Crippen LogP contribution in [0.5, 0.6) is 0 Å². The van der Waals surface area contributed by atoms with Crippen LogP contribution in [0.3, 0.4) is 0 Å². The third kappa shape index (κ3) is 5.73. The summed E-state index contributed by atoms with van der Waals surface area (Å²) in [4.78, 5) is 35.7. The number of benzene rings is 2. The molecule has 0 heterocycles. The first-order valence-electron chi connectivity index (χ1n) is 8.19. The van der Waals surface area contributed by atoms with Crippen molar-refractivity contribution in [1.29, 1.82) is 0 Å². The first-order chi connectivity index (χ1) is 12.3. The molecule has 2 aromatic carbocycles. The minimum absolute atomic E-state index is 0.151. The second-order valence-electron chi connectivity index (χ2n) is 6.77. The van der Waals surface area contributed by atoms with Crippen LogP contribution in [-0.4, -0.2) is 24.4 Å². The van der Waals surface area contributed by atoms with Gasteiger partial charge in [0.1, 0.15) is 0 Å². The molecule has 0 unspecified atom stereocenters. The smallest absolute Gasteiger partial charge is 0.338 e. The zero-order valence-electron chi connectivity index (χ0n) is 15.0. The molecular formula is C20H22N2O4. The molecule has 0 bridgehead atoms. The molecule has 0 atom stereocenters. The monoisotopic (exact) mass is 354 g/mol. The Morgan fingerprint density at radius 2 is 1.38 bits per heavy atom. The van der Waals surface area contributed by atoms with Crippen LogP contribution in [0.4, 0.5) is 16.2 Å². The molecule has 0 aliphatic heterocycles. The van der Waals surface area contributed by atoms with Crippen molar-refractivity contribution in [3.8, 4) is 0 Å². The van der Waals surface area contributed by atoms with Gasteiger partial charge in [0, 0.05) is 16.8 Å². The lowest BCUT2D eigenvalue weighted by molar-refractivity contribution is -0.129. The number of hydrogen-bond donors (Lipinski definition) is 2. The van der Waals surface area contributed by atoms with E-state index in [0.717, 1.165) is 0 Å². The van der Waals surface area contributed by atoms with Gasteiger partial charge in [-0.15, -0.1) is 0 Å². The number of urea groups is 1. The van der Waals surface area contributed by atoms with Crippen molar-refractivity contribution in [2.75, 3.05) is 17.2 Å². The highest BCUT2D eigenvalue weighted by Gasteiger charge is 2.22. The molecule has 2 aromatic rings. The van der Waals surface area contributed by atoms with E-state index in [1.165, 1.54) is 12.1 Å². The molecule has 0 radical (unpaired) electrons. The quantitative estimate of drug-likeness (QED) is 0.792. The van der Waals surface area contributed by atoms with Gasteiger partial charge in [-0.25, -0.2) is 9.59 Å². The van der Waals surface area contributed by atoms with Crippen LogP contribution in [0, 0.1) is 5.41 Å². The highest BCUT2D eigenvalue weighted by atomic mass is 16.5. The minimum Gasteiger partial charge on any atom is -0.454 e. The van der Waals surface area contributed by atoms with Crippen LogP contribution in [0.1, 0.15) is 31.1 Å². The Labute approximate surface area is 152 Å². The average Bonchev–Trinajstić information content (AvgIpc) is 2.60. The highest BCUT2D eigenvalue weighted by molar-refractivity contribution is 6.00. The fourth-order valence-electron chi connectivity index (χ4n) is 1.94. The lowest BCUT2D eigenvalue weighted by Crippen LogP contribution is -2.26. The number of anilines is 2. The summed E-state index contributed by atoms with van der Waals surface area (Å²) in [5.41, 5.74) is 0.954. The Bertz CT molecular complexity index is 778. The molecule has 0 aliphatic carbocycles. The number of carbonyl (C=O) groups is 3. The van der Waals surface area contributed by atoms with Crippen molar-refractivity contribution in [1.82, 2.24) is 0 Å². The molecular weight excluding hydrogens is 332 g/mol. The van der Waals surface area contributed by atoms with E-state index in [-0.39, 0.29) is 18.4 Å². The summed E-state index contributed by atoms with van der Waals surface area (Å²) < 4.78 is 5.03. The van der Waals surface area contributed by atoms with Crippen LogP contribution in [0.15, 0.2) is 54.6 Å². The van der Waals surface area contributed by atoms with Crippen LogP contribution < -0.4 is 10.6 Å². The van der Waals surface area contributed by atoms with Crippen molar-refractivity contribution in [3.63, 3.8) is 0 Å². The summed E-state index contributed by atoms with van der Waals surface area (Å²) in [7, 11) is 0. The molecule has 0 aromatic heterocycles. The van der Waals surface area contributed by atoms with Crippen molar-refractivity contribution in [2.45, 2.75) is 20.8 Å². The predicted molar refractivity (Wildman–Crippen MR) is 100 cm³/mol. The number of hydrogen-bond acceptors (Lipinski definition) is 4. The number of ether oxygens (including phenoxy) is 1. The van der Waals surface area contributed by atoms with Gasteiger partial charge in [0.15, 0.2) is 12.4 Å². The molecule has 26 heavy (non-hydrogen) atoms. The van der Waals surface area contributed by atoms with E-state index >= 15 is 0 Å². The molecule has 6 heteroatoms. The summed E-state index contributed by atoms with van der Waals surface area (Å²) in [6, 6.07) is 14.9. The number of ketones is 1. The van der Waals surface area contributed by atoms with Gasteiger partial charge >= 0.3 is 12.0 Å². The molecule has 0 spiro atoms. The summed E-state index contributed by atoms with van der Waals surface area (Å²) >= 11 is 0. The van der Waals surface area contributed by atoms with E-state index < -0.39 is 11.4 Å². The second-order valence-corrected chi connectivity index (χ2v) is 6.77. The Balaban J connectivity index is 1.88. The summed E-state index contributed by atoms with van der Waals surface area (Å²) in [6.45, 7) is 5.04. The molecule has 136 valence electrons. The van der Waals surface area contributed by atoms with Crippen molar-refractivity contribution < 1.29 is 19.1 Å². The third-order valence-electron chi connectivity index (χ3n) is 3.58. The standard InChI is InChI=1S/C20H22N2O4/c1-20(2,3)17(23)13-26-18(24)14-9-11-16(12-10-14)22-19(25)21-15-7-5-4-6-8-15/h4-12H,13H2,1-3H3,(H2,21,22,25). The Morgan fingerprint density at radius 1 is 0.846 bits per heavy atom. The fourth-order valence-corrected chi connectivity index (χ4v) is 1.94. The first-order valence-corrected chi connectivity index (χ1v) is 8.19. The zero-order chi connectivity index (χ0) is 19.2. The number of nitrogens with one attached hydrogen (secondary N) is 2. The van der Waals surface area contributed by atoms with Gasteiger partial charge in [0.05, 0.1) is 5.56 Å². The maximum atomic E-state index is 12.0. The third-order valence-corrected chi connectivity index (χ3v) is 3.58. The van der Waals surface area contributed by atoms with Crippen LogP contribution in [0.25, 0.3) is 0 Å². The summed E-state index contributed by atoms with van der Waals surface area (Å²) in [5.74, 6) is -0.732. The topological polar surface area (TPSA) is 84.5 Å². The van der Waals surface area contributed by atoms with Gasteiger partial charge in [0.2, 0.25) is 0 Å². The van der Waals surface area contributed by atoms with E-state index in [0.29, 0.717) is 16.9 Å². The zero-order valence-corrected chi connectivity index (χ0v) is 15.0. The van der Waals surface area contributed by atoms with Gasteiger partial charge < -0.3 is 15.4 Å². The Morgan fingerprint density at radius 3 is 1.92 bits per heavy atom. The highest BCUT2D eigenvalue weighted by Crippen LogP contribution is 2.16. The first kappa shape index (κ1) is 19.2. The fraction of sp³-hybridized carbons (Fsp3) is 0.250. The number of Topliss-reactive ketones (excluding diaryl/α,β-unsaturated/α-hetero) is 1. The van der Waals surface area contributed by atoms with Gasteiger partial charge in [0.25, 0.3) is 0 Å². The SMILES string of the molecule is CC(C)(C)C(=O)COC(=O)c1ccc(NC(=O)Nc2ccccc2)cc1. The maximum Gasteiger partial charge on any atom is 0.338 e. The molecule has 0 aliphatic rings. The molecule has 0 saturated carbocycles. The van der Waals surface area contributed by atoms with E-state index in [1.54, 1.807) is 45.0 Å². The van der Waals surface area contributed by atoms with Gasteiger partial charge in [-0.3, -0.25) is 4.79 Å². The van der Waals surface area contributed by atoms with Crippen molar-refractivity contribution in [3.05, 3.63) is 60.2 Å². The molecule has 2 rings (SSSR count).